The molecule has 2 aliphatic rings. The maximum atomic E-state index is 15.2. The van der Waals surface area contributed by atoms with Crippen molar-refractivity contribution in [3.63, 3.8) is 0 Å². The van der Waals surface area contributed by atoms with Crippen molar-refractivity contribution in [2.24, 2.45) is 0 Å². The van der Waals surface area contributed by atoms with Crippen LogP contribution in [0.3, 0.4) is 0 Å². The average molecular weight is 396 g/mol. The van der Waals surface area contributed by atoms with Gasteiger partial charge in [0.25, 0.3) is 5.56 Å². The molecule has 8 heteroatoms. The number of methoxy groups -OCH3 is 1. The van der Waals surface area contributed by atoms with Crippen LogP contribution < -0.4 is 20.9 Å². The first kappa shape index (κ1) is 17.9. The number of H-pyrrole nitrogens is 1. The Morgan fingerprint density at radius 1 is 1.21 bits per heavy atom. The number of rotatable bonds is 4. The number of aromatic amines is 1. The van der Waals surface area contributed by atoms with E-state index in [-0.39, 0.29) is 17.6 Å². The van der Waals surface area contributed by atoms with E-state index in [1.54, 1.807) is 6.20 Å². The van der Waals surface area contributed by atoms with Gasteiger partial charge in [0, 0.05) is 36.5 Å². The number of fused-ring (bicyclic) bond motifs is 1. The Kier molecular flexibility index (Phi) is 4.15. The van der Waals surface area contributed by atoms with Gasteiger partial charge in [-0.25, -0.2) is 9.18 Å². The fourth-order valence-electron chi connectivity index (χ4n) is 4.37. The lowest BCUT2D eigenvalue weighted by atomic mass is 10.0. The van der Waals surface area contributed by atoms with Crippen LogP contribution in [0.5, 0.6) is 5.75 Å². The van der Waals surface area contributed by atoms with Gasteiger partial charge in [-0.1, -0.05) is 6.07 Å². The third-order valence-electron chi connectivity index (χ3n) is 5.88. The minimum Gasteiger partial charge on any atom is -0.492 e. The SMILES string of the molecule is COc1c(N2CCC(c3ccccn3)C2)c(F)cn2c(=O)[nH]c(=O)c(C3CC3)c12. The zero-order chi connectivity index (χ0) is 20.1. The molecule has 0 spiro atoms. The molecule has 29 heavy (non-hydrogen) atoms. The van der Waals surface area contributed by atoms with Crippen molar-refractivity contribution in [2.45, 2.75) is 31.1 Å². The van der Waals surface area contributed by atoms with Gasteiger partial charge in [0.2, 0.25) is 0 Å². The van der Waals surface area contributed by atoms with Gasteiger partial charge in [-0.15, -0.1) is 0 Å². The average Bonchev–Trinajstić information content (AvgIpc) is 3.44. The predicted molar refractivity (Wildman–Crippen MR) is 107 cm³/mol. The quantitative estimate of drug-likeness (QED) is 0.733. The summed E-state index contributed by atoms with van der Waals surface area (Å²) >= 11 is 0. The minimum atomic E-state index is -0.661. The molecule has 2 fully saturated rings. The van der Waals surface area contributed by atoms with Gasteiger partial charge >= 0.3 is 5.69 Å². The van der Waals surface area contributed by atoms with Crippen molar-refractivity contribution in [3.05, 3.63) is 68.5 Å². The van der Waals surface area contributed by atoms with E-state index in [9.17, 15) is 9.59 Å². The number of aromatic nitrogens is 3. The number of hydrogen-bond donors (Lipinski definition) is 1. The number of pyridine rings is 2. The monoisotopic (exact) mass is 396 g/mol. The summed E-state index contributed by atoms with van der Waals surface area (Å²) in [6, 6.07) is 5.80. The number of hydrogen-bond acceptors (Lipinski definition) is 5. The van der Waals surface area contributed by atoms with Gasteiger partial charge in [-0.3, -0.25) is 19.2 Å². The topological polar surface area (TPSA) is 79.7 Å². The molecule has 3 aromatic rings. The van der Waals surface area contributed by atoms with Crippen molar-refractivity contribution < 1.29 is 9.13 Å². The Morgan fingerprint density at radius 2 is 2.03 bits per heavy atom. The Hall–Kier alpha value is -3.16. The molecule has 1 saturated carbocycles. The highest BCUT2D eigenvalue weighted by Gasteiger charge is 2.34. The van der Waals surface area contributed by atoms with E-state index in [1.165, 1.54) is 11.5 Å². The lowest BCUT2D eigenvalue weighted by molar-refractivity contribution is 0.413. The molecule has 1 saturated heterocycles. The van der Waals surface area contributed by atoms with Crippen LogP contribution in [-0.2, 0) is 0 Å². The van der Waals surface area contributed by atoms with Crippen LogP contribution in [0.15, 0.2) is 40.2 Å². The predicted octanol–water partition coefficient (Wildman–Crippen LogP) is 2.40. The van der Waals surface area contributed by atoms with Crippen molar-refractivity contribution in [1.29, 1.82) is 0 Å². The zero-order valence-corrected chi connectivity index (χ0v) is 16.0. The highest BCUT2D eigenvalue weighted by molar-refractivity contribution is 5.78. The standard InChI is InChI=1S/C21H21FN4O3/c1-29-19-17(25-9-7-13(10-25)15-4-2-3-8-23-15)14(22)11-26-18(19)16(12-5-6-12)20(27)24-21(26)28/h2-4,8,11-13H,5-7,9-10H2,1H3,(H,24,27,28). The van der Waals surface area contributed by atoms with Crippen LogP contribution in [0.4, 0.5) is 10.1 Å². The van der Waals surface area contributed by atoms with Crippen LogP contribution in [-0.4, -0.2) is 34.6 Å². The minimum absolute atomic E-state index is 0.0707. The molecule has 150 valence electrons. The molecule has 1 atom stereocenters. The molecule has 0 amide bonds. The molecule has 5 rings (SSSR count). The molecule has 1 unspecified atom stereocenters. The smallest absolute Gasteiger partial charge is 0.333 e. The molecule has 4 heterocycles. The molecular formula is C21H21FN4O3. The van der Waals surface area contributed by atoms with Crippen LogP contribution in [0.1, 0.15) is 42.4 Å². The second-order valence-electron chi connectivity index (χ2n) is 7.71. The summed E-state index contributed by atoms with van der Waals surface area (Å²) in [6.07, 6.45) is 5.50. The molecule has 1 aliphatic carbocycles. The third-order valence-corrected chi connectivity index (χ3v) is 5.88. The summed E-state index contributed by atoms with van der Waals surface area (Å²) in [5.41, 5.74) is 1.08. The molecule has 0 bridgehead atoms. The van der Waals surface area contributed by atoms with Crippen molar-refractivity contribution in [3.8, 4) is 5.75 Å². The lowest BCUT2D eigenvalue weighted by Gasteiger charge is -2.24. The van der Waals surface area contributed by atoms with E-state index < -0.39 is 17.1 Å². The largest absolute Gasteiger partial charge is 0.492 e. The Balaban J connectivity index is 1.67. The summed E-state index contributed by atoms with van der Waals surface area (Å²) in [6.45, 7) is 1.23. The van der Waals surface area contributed by atoms with Crippen molar-refractivity contribution in [2.75, 3.05) is 25.1 Å². The van der Waals surface area contributed by atoms with Crippen LogP contribution >= 0.6 is 0 Å². The summed E-state index contributed by atoms with van der Waals surface area (Å²) in [4.78, 5) is 33.5. The lowest BCUT2D eigenvalue weighted by Crippen LogP contribution is -2.30. The van der Waals surface area contributed by atoms with Crippen LogP contribution in [0.2, 0.25) is 0 Å². The molecule has 7 nitrogen and oxygen atoms in total. The first-order valence-electron chi connectivity index (χ1n) is 9.79. The van der Waals surface area contributed by atoms with Gasteiger partial charge in [0.15, 0.2) is 11.6 Å². The summed E-state index contributed by atoms with van der Waals surface area (Å²) in [5, 5.41) is 0. The first-order chi connectivity index (χ1) is 14.1. The number of ether oxygens (including phenoxy) is 1. The van der Waals surface area contributed by atoms with Crippen molar-refractivity contribution in [1.82, 2.24) is 14.4 Å². The van der Waals surface area contributed by atoms with E-state index in [1.807, 2.05) is 23.1 Å². The van der Waals surface area contributed by atoms with Crippen LogP contribution in [0.25, 0.3) is 5.52 Å². The first-order valence-corrected chi connectivity index (χ1v) is 9.79. The maximum Gasteiger partial charge on any atom is 0.333 e. The van der Waals surface area contributed by atoms with E-state index >= 15 is 4.39 Å². The zero-order valence-electron chi connectivity index (χ0n) is 16.0. The summed E-state index contributed by atoms with van der Waals surface area (Å²) < 4.78 is 22.0. The van der Waals surface area contributed by atoms with E-state index in [4.69, 9.17) is 4.74 Å². The van der Waals surface area contributed by atoms with E-state index in [0.29, 0.717) is 29.9 Å². The second-order valence-corrected chi connectivity index (χ2v) is 7.71. The number of nitrogens with one attached hydrogen (secondary N) is 1. The molecule has 1 N–H and O–H groups in total. The fraction of sp³-hybridized carbons (Fsp3) is 0.381. The summed E-state index contributed by atoms with van der Waals surface area (Å²) in [7, 11) is 1.45. The van der Waals surface area contributed by atoms with E-state index in [2.05, 4.69) is 9.97 Å². The maximum absolute atomic E-state index is 15.2. The normalized spacial score (nSPS) is 19.1. The van der Waals surface area contributed by atoms with Gasteiger partial charge in [0.05, 0.1) is 13.3 Å². The number of anilines is 1. The Morgan fingerprint density at radius 3 is 2.72 bits per heavy atom. The Bertz CT molecular complexity index is 1200. The van der Waals surface area contributed by atoms with E-state index in [0.717, 1.165) is 31.2 Å². The number of nitrogens with zero attached hydrogens (tertiary/aromatic N) is 3. The molecule has 0 aromatic carbocycles. The molecule has 0 radical (unpaired) electrons. The van der Waals surface area contributed by atoms with Gasteiger partial charge < -0.3 is 9.64 Å². The molecular weight excluding hydrogens is 375 g/mol. The van der Waals surface area contributed by atoms with Gasteiger partial charge in [-0.05, 0) is 37.3 Å². The van der Waals surface area contributed by atoms with Gasteiger partial charge in [0.1, 0.15) is 11.2 Å². The summed E-state index contributed by atoms with van der Waals surface area (Å²) in [5.74, 6) is -0.0501. The third kappa shape index (κ3) is 2.90. The molecule has 3 aromatic heterocycles. The van der Waals surface area contributed by atoms with Crippen LogP contribution in [0, 0.1) is 5.82 Å². The highest BCUT2D eigenvalue weighted by atomic mass is 19.1. The highest BCUT2D eigenvalue weighted by Crippen LogP contribution is 2.45. The van der Waals surface area contributed by atoms with Crippen molar-refractivity contribution >= 4 is 11.2 Å². The Labute approximate surface area is 165 Å². The fourth-order valence-corrected chi connectivity index (χ4v) is 4.37. The number of halogens is 1. The molecule has 1 aliphatic heterocycles. The second kappa shape index (κ2) is 6.72. The van der Waals surface area contributed by atoms with Gasteiger partial charge in [-0.2, -0.15) is 0 Å².